The maximum absolute atomic E-state index is 12.6. The molecule has 2 aromatic heterocycles. The molecular formula is C23H22ClN5OS. The fraction of sp³-hybridized carbons (Fsp3) is 0.217. The summed E-state index contributed by atoms with van der Waals surface area (Å²) in [7, 11) is 0. The Kier molecular flexibility index (Phi) is 6.25. The second-order valence-corrected chi connectivity index (χ2v) is 8.48. The molecule has 1 N–H and O–H groups in total. The van der Waals surface area contributed by atoms with Gasteiger partial charge >= 0.3 is 0 Å². The van der Waals surface area contributed by atoms with E-state index in [2.05, 4.69) is 26.8 Å². The fourth-order valence-corrected chi connectivity index (χ4v) is 4.57. The van der Waals surface area contributed by atoms with Crippen LogP contribution in [0.1, 0.15) is 34.5 Å². The van der Waals surface area contributed by atoms with Gasteiger partial charge in [0.1, 0.15) is 5.82 Å². The first kappa shape index (κ1) is 21.3. The van der Waals surface area contributed by atoms with E-state index in [1.54, 1.807) is 36.0 Å². The number of nitrogens with one attached hydrogen (secondary N) is 1. The van der Waals surface area contributed by atoms with Gasteiger partial charge in [0, 0.05) is 23.6 Å². The molecule has 1 amide bonds. The first-order valence-corrected chi connectivity index (χ1v) is 11.3. The lowest BCUT2D eigenvalue weighted by Crippen LogP contribution is -2.12. The van der Waals surface area contributed by atoms with E-state index in [1.807, 2.05) is 38.1 Å². The lowest BCUT2D eigenvalue weighted by Gasteiger charge is -2.08. The van der Waals surface area contributed by atoms with E-state index >= 15 is 0 Å². The monoisotopic (exact) mass is 451 g/mol. The summed E-state index contributed by atoms with van der Waals surface area (Å²) >= 11 is 7.71. The molecule has 6 nitrogen and oxygen atoms in total. The molecular weight excluding hydrogens is 430 g/mol. The Bertz CT molecular complexity index is 1250. The first-order chi connectivity index (χ1) is 14.9. The van der Waals surface area contributed by atoms with E-state index in [4.69, 9.17) is 16.6 Å². The van der Waals surface area contributed by atoms with E-state index in [-0.39, 0.29) is 5.91 Å². The molecule has 4 rings (SSSR count). The number of amides is 1. The van der Waals surface area contributed by atoms with Crippen molar-refractivity contribution in [3.63, 3.8) is 0 Å². The average Bonchev–Trinajstić information content (AvgIpc) is 3.08. The van der Waals surface area contributed by atoms with Gasteiger partial charge in [-0.15, -0.1) is 0 Å². The summed E-state index contributed by atoms with van der Waals surface area (Å²) < 4.78 is 2.17. The van der Waals surface area contributed by atoms with Crippen molar-refractivity contribution in [2.75, 3.05) is 5.32 Å². The zero-order valence-electron chi connectivity index (χ0n) is 17.5. The third-order valence-electron chi connectivity index (χ3n) is 4.81. The minimum Gasteiger partial charge on any atom is -0.328 e. The molecule has 0 aliphatic heterocycles. The van der Waals surface area contributed by atoms with Crippen LogP contribution >= 0.6 is 23.4 Å². The van der Waals surface area contributed by atoms with Gasteiger partial charge in [-0.05, 0) is 57.2 Å². The molecule has 0 atom stereocenters. The molecule has 4 aromatic rings. The van der Waals surface area contributed by atoms with E-state index in [0.717, 1.165) is 39.9 Å². The second kappa shape index (κ2) is 9.08. The third kappa shape index (κ3) is 4.73. The van der Waals surface area contributed by atoms with Gasteiger partial charge in [0.15, 0.2) is 5.16 Å². The van der Waals surface area contributed by atoms with Gasteiger partial charge < -0.3 is 9.88 Å². The SMILES string of the molecule is CCn1c(CSc2nc(C)cc(C)n2)nc2cc(NC(=O)c3ccccc3Cl)ccc21. The summed E-state index contributed by atoms with van der Waals surface area (Å²) in [4.78, 5) is 26.4. The highest BCUT2D eigenvalue weighted by Gasteiger charge is 2.14. The van der Waals surface area contributed by atoms with Gasteiger partial charge in [0.25, 0.3) is 5.91 Å². The highest BCUT2D eigenvalue weighted by atomic mass is 35.5. The molecule has 0 unspecified atom stereocenters. The molecule has 158 valence electrons. The van der Waals surface area contributed by atoms with E-state index in [1.165, 1.54) is 0 Å². The van der Waals surface area contributed by atoms with Crippen LogP contribution in [-0.2, 0) is 12.3 Å². The van der Waals surface area contributed by atoms with Crippen LogP contribution < -0.4 is 5.32 Å². The minimum atomic E-state index is -0.248. The lowest BCUT2D eigenvalue weighted by atomic mass is 10.2. The van der Waals surface area contributed by atoms with Crippen molar-refractivity contribution in [1.29, 1.82) is 0 Å². The van der Waals surface area contributed by atoms with Crippen molar-refractivity contribution in [2.45, 2.75) is 38.2 Å². The van der Waals surface area contributed by atoms with Gasteiger partial charge in [-0.3, -0.25) is 4.79 Å². The topological polar surface area (TPSA) is 72.7 Å². The van der Waals surface area contributed by atoms with Crippen LogP contribution in [0.2, 0.25) is 5.02 Å². The number of hydrogen-bond acceptors (Lipinski definition) is 5. The van der Waals surface area contributed by atoms with Crippen LogP contribution in [0, 0.1) is 13.8 Å². The number of carbonyl (C=O) groups is 1. The van der Waals surface area contributed by atoms with Gasteiger partial charge in [-0.25, -0.2) is 15.0 Å². The predicted molar refractivity (Wildman–Crippen MR) is 126 cm³/mol. The highest BCUT2D eigenvalue weighted by Crippen LogP contribution is 2.26. The maximum Gasteiger partial charge on any atom is 0.257 e. The maximum atomic E-state index is 12.6. The molecule has 0 bridgehead atoms. The molecule has 0 radical (unpaired) electrons. The standard InChI is InChI=1S/C23H22ClN5OS/c1-4-29-20-10-9-16(27-22(30)17-7-5-6-8-18(17)24)12-19(20)28-21(29)13-31-23-25-14(2)11-15(3)26-23/h5-12H,4,13H2,1-3H3,(H,27,30). The van der Waals surface area contributed by atoms with Gasteiger partial charge in [-0.1, -0.05) is 35.5 Å². The molecule has 2 heterocycles. The molecule has 0 spiro atoms. The zero-order valence-corrected chi connectivity index (χ0v) is 19.1. The number of fused-ring (bicyclic) bond motifs is 1. The lowest BCUT2D eigenvalue weighted by molar-refractivity contribution is 0.102. The third-order valence-corrected chi connectivity index (χ3v) is 5.98. The average molecular weight is 452 g/mol. The van der Waals surface area contributed by atoms with Crippen LogP contribution in [0.25, 0.3) is 11.0 Å². The summed E-state index contributed by atoms with van der Waals surface area (Å²) in [6.45, 7) is 6.83. The Hall–Kier alpha value is -2.90. The van der Waals surface area contributed by atoms with Crippen molar-refractivity contribution < 1.29 is 4.79 Å². The molecule has 0 aliphatic carbocycles. The summed E-state index contributed by atoms with van der Waals surface area (Å²) in [5.74, 6) is 1.36. The Balaban J connectivity index is 1.57. The Labute approximate surface area is 190 Å². The van der Waals surface area contributed by atoms with Crippen LogP contribution in [-0.4, -0.2) is 25.4 Å². The molecule has 0 aliphatic rings. The van der Waals surface area contributed by atoms with Crippen LogP contribution in [0.5, 0.6) is 0 Å². The fourth-order valence-electron chi connectivity index (χ4n) is 3.45. The first-order valence-electron chi connectivity index (χ1n) is 9.94. The number of halogens is 1. The van der Waals surface area contributed by atoms with Crippen LogP contribution in [0.3, 0.4) is 0 Å². The number of thioether (sulfide) groups is 1. The normalized spacial score (nSPS) is 11.1. The number of aryl methyl sites for hydroxylation is 3. The molecule has 8 heteroatoms. The predicted octanol–water partition coefficient (Wildman–Crippen LogP) is 5.66. The summed E-state index contributed by atoms with van der Waals surface area (Å²) in [5, 5.41) is 4.08. The number of anilines is 1. The smallest absolute Gasteiger partial charge is 0.257 e. The summed E-state index contributed by atoms with van der Waals surface area (Å²) in [5.41, 5.74) is 4.88. The number of nitrogens with zero attached hydrogens (tertiary/aromatic N) is 4. The number of hydrogen-bond donors (Lipinski definition) is 1. The van der Waals surface area contributed by atoms with Crippen molar-refractivity contribution in [2.24, 2.45) is 0 Å². The zero-order chi connectivity index (χ0) is 22.0. The van der Waals surface area contributed by atoms with Gasteiger partial charge in [-0.2, -0.15) is 0 Å². The van der Waals surface area contributed by atoms with Crippen LogP contribution in [0.15, 0.2) is 53.7 Å². The Morgan fingerprint density at radius 3 is 2.52 bits per heavy atom. The number of imidazole rings is 1. The highest BCUT2D eigenvalue weighted by molar-refractivity contribution is 7.98. The number of carbonyl (C=O) groups excluding carboxylic acids is 1. The molecule has 2 aromatic carbocycles. The van der Waals surface area contributed by atoms with Crippen molar-refractivity contribution in [1.82, 2.24) is 19.5 Å². The number of rotatable bonds is 6. The second-order valence-electron chi connectivity index (χ2n) is 7.13. The summed E-state index contributed by atoms with van der Waals surface area (Å²) in [6.07, 6.45) is 0. The molecule has 0 fully saturated rings. The van der Waals surface area contributed by atoms with E-state index in [9.17, 15) is 4.79 Å². The van der Waals surface area contributed by atoms with E-state index < -0.39 is 0 Å². The minimum absolute atomic E-state index is 0.248. The van der Waals surface area contributed by atoms with Gasteiger partial charge in [0.05, 0.1) is 27.4 Å². The van der Waals surface area contributed by atoms with Gasteiger partial charge in [0.2, 0.25) is 0 Å². The van der Waals surface area contributed by atoms with Crippen molar-refractivity contribution in [3.8, 4) is 0 Å². The van der Waals surface area contributed by atoms with Crippen molar-refractivity contribution >= 4 is 46.0 Å². The van der Waals surface area contributed by atoms with Crippen LogP contribution in [0.4, 0.5) is 5.69 Å². The Morgan fingerprint density at radius 2 is 1.81 bits per heavy atom. The molecule has 0 saturated carbocycles. The quantitative estimate of drug-likeness (QED) is 0.302. The number of aromatic nitrogens is 4. The van der Waals surface area contributed by atoms with E-state index in [0.29, 0.717) is 22.0 Å². The Morgan fingerprint density at radius 1 is 1.06 bits per heavy atom. The largest absolute Gasteiger partial charge is 0.328 e. The molecule has 0 saturated heterocycles. The van der Waals surface area contributed by atoms with Crippen molar-refractivity contribution in [3.05, 3.63) is 76.3 Å². The number of benzene rings is 2. The molecule has 31 heavy (non-hydrogen) atoms. The summed E-state index contributed by atoms with van der Waals surface area (Å²) in [6, 6.07) is 14.7.